The molecule has 8 heteroatoms. The molecule has 1 amide bonds. The summed E-state index contributed by atoms with van der Waals surface area (Å²) < 4.78 is 21.9. The number of amides is 1. The molecular weight excluding hydrogens is 486 g/mol. The molecule has 194 valence electrons. The van der Waals surface area contributed by atoms with Gasteiger partial charge in [-0.15, -0.1) is 0 Å². The Balaban J connectivity index is 1.41. The smallest absolute Gasteiger partial charge is 0.349 e. The summed E-state index contributed by atoms with van der Waals surface area (Å²) in [5.74, 6) is 0.199. The molecule has 0 radical (unpaired) electrons. The Bertz CT molecular complexity index is 1520. The zero-order valence-corrected chi connectivity index (χ0v) is 21.1. The summed E-state index contributed by atoms with van der Waals surface area (Å²) in [4.78, 5) is 36.8. The molecule has 4 aromatic rings. The topological polar surface area (TPSA) is 104 Å². The molecule has 1 heterocycles. The van der Waals surface area contributed by atoms with Gasteiger partial charge in [0.1, 0.15) is 23.5 Å². The van der Waals surface area contributed by atoms with Crippen molar-refractivity contribution in [1.29, 1.82) is 0 Å². The Morgan fingerprint density at radius 2 is 1.79 bits per heavy atom. The SMILES string of the molecule is CCCNC(=O)c1cc2ccc(OC(=O)/C=C/c3ccc(OCc4ccccc4)c(OC)c3)cc2oc1=O. The Morgan fingerprint density at radius 3 is 2.55 bits per heavy atom. The molecule has 8 nitrogen and oxygen atoms in total. The van der Waals surface area contributed by atoms with E-state index in [4.69, 9.17) is 18.6 Å². The van der Waals surface area contributed by atoms with Gasteiger partial charge in [0.25, 0.3) is 5.91 Å². The molecule has 0 fully saturated rings. The average Bonchev–Trinajstić information content (AvgIpc) is 2.94. The maximum atomic E-state index is 12.4. The first kappa shape index (κ1) is 26.2. The van der Waals surface area contributed by atoms with Crippen LogP contribution in [0.25, 0.3) is 17.0 Å². The second-order valence-electron chi connectivity index (χ2n) is 8.34. The first-order chi connectivity index (χ1) is 18.5. The highest BCUT2D eigenvalue weighted by molar-refractivity contribution is 5.97. The Kier molecular flexibility index (Phi) is 8.56. The third kappa shape index (κ3) is 6.67. The molecule has 0 unspecified atom stereocenters. The normalized spacial score (nSPS) is 10.9. The van der Waals surface area contributed by atoms with Crippen LogP contribution < -0.4 is 25.2 Å². The Labute approximate surface area is 219 Å². The molecule has 0 bridgehead atoms. The summed E-state index contributed by atoms with van der Waals surface area (Å²) in [7, 11) is 1.55. The van der Waals surface area contributed by atoms with Gasteiger partial charge in [-0.05, 0) is 54.0 Å². The lowest BCUT2D eigenvalue weighted by atomic mass is 10.1. The van der Waals surface area contributed by atoms with Gasteiger partial charge in [0.05, 0.1) is 7.11 Å². The van der Waals surface area contributed by atoms with E-state index >= 15 is 0 Å². The molecule has 0 saturated carbocycles. The standard InChI is InChI=1S/C30H27NO7/c1-3-15-31-29(33)24-17-22-11-12-23(18-26(22)38-30(24)34)37-28(32)14-10-20-9-13-25(27(16-20)35-2)36-19-21-7-5-4-6-8-21/h4-14,16-18H,3,15,19H2,1-2H3,(H,31,33)/b14-10+. The fourth-order valence-corrected chi connectivity index (χ4v) is 3.60. The van der Waals surface area contributed by atoms with Crippen LogP contribution in [0.1, 0.15) is 34.8 Å². The summed E-state index contributed by atoms with van der Waals surface area (Å²) in [6, 6.07) is 21.2. The van der Waals surface area contributed by atoms with Crippen molar-refractivity contribution >= 4 is 28.9 Å². The molecule has 0 aliphatic rings. The third-order valence-corrected chi connectivity index (χ3v) is 5.54. The van der Waals surface area contributed by atoms with Gasteiger partial charge in [0.15, 0.2) is 11.5 Å². The number of rotatable bonds is 10. The molecule has 38 heavy (non-hydrogen) atoms. The number of hydrogen-bond donors (Lipinski definition) is 1. The fraction of sp³-hybridized carbons (Fsp3) is 0.167. The van der Waals surface area contributed by atoms with Gasteiger partial charge < -0.3 is 23.9 Å². The van der Waals surface area contributed by atoms with Crippen molar-refractivity contribution in [2.75, 3.05) is 13.7 Å². The van der Waals surface area contributed by atoms with Crippen molar-refractivity contribution in [2.45, 2.75) is 20.0 Å². The van der Waals surface area contributed by atoms with Crippen LogP contribution in [0, 0.1) is 0 Å². The van der Waals surface area contributed by atoms with Crippen molar-refractivity contribution in [3.8, 4) is 17.2 Å². The van der Waals surface area contributed by atoms with Gasteiger partial charge >= 0.3 is 11.6 Å². The maximum Gasteiger partial charge on any atom is 0.349 e. The minimum absolute atomic E-state index is 0.0782. The number of hydrogen-bond acceptors (Lipinski definition) is 7. The highest BCUT2D eigenvalue weighted by atomic mass is 16.5. The lowest BCUT2D eigenvalue weighted by Gasteiger charge is -2.11. The minimum Gasteiger partial charge on any atom is -0.493 e. The largest absolute Gasteiger partial charge is 0.493 e. The van der Waals surface area contributed by atoms with Crippen LogP contribution >= 0.6 is 0 Å². The highest BCUT2D eigenvalue weighted by Gasteiger charge is 2.14. The van der Waals surface area contributed by atoms with E-state index in [1.807, 2.05) is 37.3 Å². The van der Waals surface area contributed by atoms with Crippen LogP contribution in [0.15, 0.2) is 88.1 Å². The zero-order valence-electron chi connectivity index (χ0n) is 21.1. The van der Waals surface area contributed by atoms with Crippen LogP contribution in [0.5, 0.6) is 17.2 Å². The van der Waals surface area contributed by atoms with Gasteiger partial charge in [0.2, 0.25) is 0 Å². The Hall–Kier alpha value is -4.85. The van der Waals surface area contributed by atoms with Gasteiger partial charge in [-0.2, -0.15) is 0 Å². The van der Waals surface area contributed by atoms with Crippen LogP contribution in [0.4, 0.5) is 0 Å². The van der Waals surface area contributed by atoms with Crippen LogP contribution in [0.2, 0.25) is 0 Å². The second-order valence-corrected chi connectivity index (χ2v) is 8.34. The van der Waals surface area contributed by atoms with Gasteiger partial charge in [0, 0.05) is 24.1 Å². The van der Waals surface area contributed by atoms with E-state index in [1.54, 1.807) is 43.5 Å². The van der Waals surface area contributed by atoms with Crippen molar-refractivity contribution in [1.82, 2.24) is 5.32 Å². The zero-order chi connectivity index (χ0) is 26.9. The van der Waals surface area contributed by atoms with Crippen molar-refractivity contribution in [2.24, 2.45) is 0 Å². The number of esters is 1. The fourth-order valence-electron chi connectivity index (χ4n) is 3.60. The number of ether oxygens (including phenoxy) is 3. The number of methoxy groups -OCH3 is 1. The Morgan fingerprint density at radius 1 is 0.974 bits per heavy atom. The van der Waals surface area contributed by atoms with Crippen molar-refractivity contribution < 1.29 is 28.2 Å². The first-order valence-corrected chi connectivity index (χ1v) is 12.1. The van der Waals surface area contributed by atoms with E-state index in [1.165, 1.54) is 18.2 Å². The molecule has 0 spiro atoms. The lowest BCUT2D eigenvalue weighted by Crippen LogP contribution is -2.28. The number of nitrogens with one attached hydrogen (secondary N) is 1. The molecular formula is C30H27NO7. The van der Waals surface area contributed by atoms with Crippen LogP contribution in [-0.2, 0) is 11.4 Å². The second kappa shape index (κ2) is 12.4. The van der Waals surface area contributed by atoms with E-state index in [0.717, 1.165) is 12.0 Å². The molecule has 4 rings (SSSR count). The minimum atomic E-state index is -0.764. The van der Waals surface area contributed by atoms with Crippen LogP contribution in [-0.4, -0.2) is 25.5 Å². The molecule has 3 aromatic carbocycles. The molecule has 1 aromatic heterocycles. The number of fused-ring (bicyclic) bond motifs is 1. The first-order valence-electron chi connectivity index (χ1n) is 12.1. The molecule has 0 aliphatic heterocycles. The van der Waals surface area contributed by atoms with Crippen LogP contribution in [0.3, 0.4) is 0 Å². The summed E-state index contributed by atoms with van der Waals surface area (Å²) >= 11 is 0. The summed E-state index contributed by atoms with van der Waals surface area (Å²) in [5.41, 5.74) is 1.11. The van der Waals surface area contributed by atoms with Gasteiger partial charge in [-0.3, -0.25) is 4.79 Å². The highest BCUT2D eigenvalue weighted by Crippen LogP contribution is 2.29. The summed E-state index contributed by atoms with van der Waals surface area (Å²) in [6.45, 7) is 2.77. The third-order valence-electron chi connectivity index (χ3n) is 5.54. The van der Waals surface area contributed by atoms with Gasteiger partial charge in [-0.25, -0.2) is 9.59 Å². The van der Waals surface area contributed by atoms with E-state index in [2.05, 4.69) is 5.32 Å². The van der Waals surface area contributed by atoms with E-state index in [0.29, 0.717) is 35.6 Å². The summed E-state index contributed by atoms with van der Waals surface area (Å²) in [6.07, 6.45) is 3.62. The predicted molar refractivity (Wildman–Crippen MR) is 144 cm³/mol. The number of carbonyl (C=O) groups excluding carboxylic acids is 2. The van der Waals surface area contributed by atoms with E-state index < -0.39 is 17.5 Å². The molecule has 0 aliphatic carbocycles. The average molecular weight is 514 g/mol. The number of carbonyl (C=O) groups is 2. The quantitative estimate of drug-likeness (QED) is 0.136. The monoisotopic (exact) mass is 513 g/mol. The van der Waals surface area contributed by atoms with Crippen molar-refractivity contribution in [3.05, 3.63) is 106 Å². The lowest BCUT2D eigenvalue weighted by molar-refractivity contribution is -0.128. The number of benzene rings is 3. The summed E-state index contributed by atoms with van der Waals surface area (Å²) in [5, 5.41) is 3.18. The van der Waals surface area contributed by atoms with Crippen molar-refractivity contribution in [3.63, 3.8) is 0 Å². The van der Waals surface area contributed by atoms with Gasteiger partial charge in [-0.1, -0.05) is 43.3 Å². The van der Waals surface area contributed by atoms with E-state index in [9.17, 15) is 14.4 Å². The predicted octanol–water partition coefficient (Wildman–Crippen LogP) is 5.14. The molecule has 0 saturated heterocycles. The molecule has 1 N–H and O–H groups in total. The molecule has 0 atom stereocenters. The van der Waals surface area contributed by atoms with E-state index in [-0.39, 0.29) is 16.9 Å². The maximum absolute atomic E-state index is 12.4.